The summed E-state index contributed by atoms with van der Waals surface area (Å²) in [7, 11) is -1.99. The monoisotopic (exact) mass is 378 g/mol. The summed E-state index contributed by atoms with van der Waals surface area (Å²) in [6, 6.07) is 7.77. The van der Waals surface area contributed by atoms with Gasteiger partial charge in [-0.2, -0.15) is 5.10 Å². The number of carbonyl (C=O) groups is 1. The van der Waals surface area contributed by atoms with Crippen LogP contribution < -0.4 is 10.0 Å². The van der Waals surface area contributed by atoms with Crippen LogP contribution in [0, 0.1) is 6.92 Å². The Bertz CT molecular complexity index is 901. The van der Waals surface area contributed by atoms with E-state index in [-0.39, 0.29) is 23.4 Å². The van der Waals surface area contributed by atoms with Gasteiger partial charge in [-0.25, -0.2) is 13.1 Å². The molecule has 26 heavy (non-hydrogen) atoms. The number of carbonyl (C=O) groups excluding carboxylic acids is 1. The van der Waals surface area contributed by atoms with Gasteiger partial charge in [-0.05, 0) is 37.6 Å². The summed E-state index contributed by atoms with van der Waals surface area (Å²) in [5, 5.41) is 7.04. The fraction of sp³-hybridized carbons (Fsp3) is 0.412. The first kappa shape index (κ1) is 18.6. The van der Waals surface area contributed by atoms with Gasteiger partial charge in [-0.15, -0.1) is 0 Å². The molecule has 2 heterocycles. The van der Waals surface area contributed by atoms with Gasteiger partial charge in [0.15, 0.2) is 0 Å². The first-order chi connectivity index (χ1) is 12.3. The average molecular weight is 378 g/mol. The molecule has 0 aliphatic carbocycles. The first-order valence-corrected chi connectivity index (χ1v) is 9.81. The van der Waals surface area contributed by atoms with Crippen molar-refractivity contribution >= 4 is 15.9 Å². The van der Waals surface area contributed by atoms with E-state index >= 15 is 0 Å². The fourth-order valence-corrected chi connectivity index (χ4v) is 3.85. The Labute approximate surface area is 152 Å². The Hall–Kier alpha value is -2.23. The zero-order valence-electron chi connectivity index (χ0n) is 14.7. The number of hydrogen-bond acceptors (Lipinski definition) is 5. The summed E-state index contributed by atoms with van der Waals surface area (Å²) in [5.74, 6) is -0.306. The maximum absolute atomic E-state index is 12.6. The van der Waals surface area contributed by atoms with Crippen LogP contribution in [0.15, 0.2) is 35.2 Å². The predicted octanol–water partition coefficient (Wildman–Crippen LogP) is 0.726. The Morgan fingerprint density at radius 1 is 1.38 bits per heavy atom. The topological polar surface area (TPSA) is 102 Å². The van der Waals surface area contributed by atoms with E-state index in [1.165, 1.54) is 12.1 Å². The Kier molecular flexibility index (Phi) is 5.40. The van der Waals surface area contributed by atoms with Crippen LogP contribution in [0.4, 0.5) is 0 Å². The van der Waals surface area contributed by atoms with Crippen LogP contribution in [0.3, 0.4) is 0 Å². The van der Waals surface area contributed by atoms with Gasteiger partial charge in [0, 0.05) is 19.2 Å². The summed E-state index contributed by atoms with van der Waals surface area (Å²) in [5.41, 5.74) is 1.87. The van der Waals surface area contributed by atoms with Gasteiger partial charge in [0.05, 0.1) is 35.5 Å². The van der Waals surface area contributed by atoms with E-state index in [9.17, 15) is 13.2 Å². The molecule has 1 unspecified atom stereocenters. The number of benzene rings is 1. The zero-order chi connectivity index (χ0) is 18.7. The standard InChI is InChI=1S/C17H22N4O4S/c1-12-8-15(21(2)20-12)10-18-26(23,24)16-5-3-4-13(9-16)17(22)19-14-6-7-25-11-14/h3-5,8-9,14,18H,6-7,10-11H2,1-2H3,(H,19,22). The number of nitrogens with zero attached hydrogens (tertiary/aromatic N) is 2. The molecule has 0 spiro atoms. The molecule has 9 heteroatoms. The van der Waals surface area contributed by atoms with Crippen molar-refractivity contribution in [2.24, 2.45) is 7.05 Å². The molecule has 1 fully saturated rings. The first-order valence-electron chi connectivity index (χ1n) is 8.33. The lowest BCUT2D eigenvalue weighted by molar-refractivity contribution is 0.0929. The molecule has 1 aliphatic rings. The molecule has 140 valence electrons. The van der Waals surface area contributed by atoms with Gasteiger partial charge in [-0.1, -0.05) is 6.07 Å². The minimum atomic E-state index is -3.75. The van der Waals surface area contributed by atoms with Crippen molar-refractivity contribution in [3.63, 3.8) is 0 Å². The van der Waals surface area contributed by atoms with Crippen molar-refractivity contribution in [1.82, 2.24) is 19.8 Å². The van der Waals surface area contributed by atoms with Crippen LogP contribution in [0.25, 0.3) is 0 Å². The normalized spacial score (nSPS) is 17.4. The summed E-state index contributed by atoms with van der Waals surface area (Å²) in [4.78, 5) is 12.4. The number of hydrogen-bond donors (Lipinski definition) is 2. The zero-order valence-corrected chi connectivity index (χ0v) is 15.5. The van der Waals surface area contributed by atoms with E-state index in [4.69, 9.17) is 4.74 Å². The largest absolute Gasteiger partial charge is 0.379 e. The number of ether oxygens (including phenoxy) is 1. The number of rotatable bonds is 6. The van der Waals surface area contributed by atoms with Crippen LogP contribution in [-0.4, -0.2) is 43.4 Å². The van der Waals surface area contributed by atoms with E-state index in [1.807, 2.05) is 13.0 Å². The number of aryl methyl sites for hydroxylation is 2. The fourth-order valence-electron chi connectivity index (χ4n) is 2.80. The molecule has 8 nitrogen and oxygen atoms in total. The van der Waals surface area contributed by atoms with Crippen molar-refractivity contribution in [3.05, 3.63) is 47.3 Å². The van der Waals surface area contributed by atoms with E-state index in [0.717, 1.165) is 17.8 Å². The van der Waals surface area contributed by atoms with Crippen molar-refractivity contribution in [3.8, 4) is 0 Å². The molecule has 2 N–H and O–H groups in total. The quantitative estimate of drug-likeness (QED) is 0.771. The number of sulfonamides is 1. The second kappa shape index (κ2) is 7.56. The Morgan fingerprint density at radius 3 is 2.85 bits per heavy atom. The third-order valence-electron chi connectivity index (χ3n) is 4.21. The lowest BCUT2D eigenvalue weighted by Crippen LogP contribution is -2.35. The molecular weight excluding hydrogens is 356 g/mol. The summed E-state index contributed by atoms with van der Waals surface area (Å²) >= 11 is 0. The molecule has 1 aliphatic heterocycles. The maximum atomic E-state index is 12.6. The van der Waals surface area contributed by atoms with Crippen molar-refractivity contribution in [2.45, 2.75) is 30.8 Å². The minimum Gasteiger partial charge on any atom is -0.379 e. The van der Waals surface area contributed by atoms with Gasteiger partial charge < -0.3 is 10.1 Å². The predicted molar refractivity (Wildman–Crippen MR) is 95.1 cm³/mol. The second-order valence-electron chi connectivity index (χ2n) is 6.29. The minimum absolute atomic E-state index is 0.0334. The van der Waals surface area contributed by atoms with Crippen LogP contribution in [-0.2, 0) is 28.4 Å². The Balaban J connectivity index is 1.71. The third kappa shape index (κ3) is 4.29. The van der Waals surface area contributed by atoms with Crippen molar-refractivity contribution in [2.75, 3.05) is 13.2 Å². The lowest BCUT2D eigenvalue weighted by atomic mass is 10.2. The van der Waals surface area contributed by atoms with Crippen LogP contribution in [0.5, 0.6) is 0 Å². The molecular formula is C17H22N4O4S. The van der Waals surface area contributed by atoms with Crippen molar-refractivity contribution < 1.29 is 17.9 Å². The number of amides is 1. The molecule has 1 amide bonds. The molecule has 3 rings (SSSR count). The van der Waals surface area contributed by atoms with E-state index < -0.39 is 10.0 Å². The highest BCUT2D eigenvalue weighted by Gasteiger charge is 2.20. The van der Waals surface area contributed by atoms with Gasteiger partial charge in [0.2, 0.25) is 10.0 Å². The SMILES string of the molecule is Cc1cc(CNS(=O)(=O)c2cccc(C(=O)NC3CCOC3)c2)n(C)n1. The average Bonchev–Trinajstić information content (AvgIpc) is 3.22. The molecule has 0 radical (unpaired) electrons. The Morgan fingerprint density at radius 2 is 2.19 bits per heavy atom. The molecule has 0 saturated carbocycles. The number of aromatic nitrogens is 2. The van der Waals surface area contributed by atoms with Gasteiger partial charge in [-0.3, -0.25) is 9.48 Å². The molecule has 2 aromatic rings. The molecule has 1 atom stereocenters. The van der Waals surface area contributed by atoms with Gasteiger partial charge in [0.25, 0.3) is 5.91 Å². The highest BCUT2D eigenvalue weighted by atomic mass is 32.2. The summed E-state index contributed by atoms with van der Waals surface area (Å²) in [6.45, 7) is 3.07. The molecule has 1 saturated heterocycles. The highest BCUT2D eigenvalue weighted by molar-refractivity contribution is 7.89. The maximum Gasteiger partial charge on any atom is 0.251 e. The van der Waals surface area contributed by atoms with Crippen LogP contribution >= 0.6 is 0 Å². The third-order valence-corrected chi connectivity index (χ3v) is 5.61. The smallest absolute Gasteiger partial charge is 0.251 e. The van der Waals surface area contributed by atoms with Crippen molar-refractivity contribution in [1.29, 1.82) is 0 Å². The van der Waals surface area contributed by atoms with E-state index in [1.54, 1.807) is 23.9 Å². The molecule has 1 aromatic carbocycles. The van der Waals surface area contributed by atoms with Gasteiger partial charge in [0.1, 0.15) is 0 Å². The van der Waals surface area contributed by atoms with E-state index in [2.05, 4.69) is 15.1 Å². The molecule has 1 aromatic heterocycles. The molecule has 0 bridgehead atoms. The van der Waals surface area contributed by atoms with Crippen LogP contribution in [0.2, 0.25) is 0 Å². The summed E-state index contributed by atoms with van der Waals surface area (Å²) < 4.78 is 34.5. The lowest BCUT2D eigenvalue weighted by Gasteiger charge is -2.12. The van der Waals surface area contributed by atoms with E-state index in [0.29, 0.717) is 18.8 Å². The van der Waals surface area contributed by atoms with Gasteiger partial charge >= 0.3 is 0 Å². The number of nitrogens with one attached hydrogen (secondary N) is 2. The second-order valence-corrected chi connectivity index (χ2v) is 8.05. The van der Waals surface area contributed by atoms with Crippen LogP contribution in [0.1, 0.15) is 28.2 Å². The highest BCUT2D eigenvalue weighted by Crippen LogP contribution is 2.14. The summed E-state index contributed by atoms with van der Waals surface area (Å²) in [6.07, 6.45) is 0.759.